The van der Waals surface area contributed by atoms with Crippen LogP contribution in [0, 0.1) is 0 Å². The molecule has 0 aromatic heterocycles. The summed E-state index contributed by atoms with van der Waals surface area (Å²) in [4.78, 5) is 16.6. The van der Waals surface area contributed by atoms with Gasteiger partial charge in [0, 0.05) is 19.6 Å². The fourth-order valence-electron chi connectivity index (χ4n) is 3.64. The van der Waals surface area contributed by atoms with E-state index in [9.17, 15) is 15.0 Å². The van der Waals surface area contributed by atoms with Crippen LogP contribution in [0.2, 0.25) is 0 Å². The first-order valence-corrected chi connectivity index (χ1v) is 8.55. The van der Waals surface area contributed by atoms with E-state index in [2.05, 4.69) is 4.90 Å². The number of aliphatic hydroxyl groups is 1. The Balaban J connectivity index is 1.50. The second-order valence-electron chi connectivity index (χ2n) is 6.94. The van der Waals surface area contributed by atoms with Gasteiger partial charge in [0.2, 0.25) is 5.91 Å². The lowest BCUT2D eigenvalue weighted by molar-refractivity contribution is -0.135. The van der Waals surface area contributed by atoms with Gasteiger partial charge in [-0.2, -0.15) is 0 Å². The Morgan fingerprint density at radius 3 is 2.48 bits per heavy atom. The van der Waals surface area contributed by atoms with Crippen molar-refractivity contribution in [2.45, 2.75) is 37.7 Å². The highest BCUT2D eigenvalue weighted by molar-refractivity contribution is 5.79. The normalized spacial score (nSPS) is 21.5. The van der Waals surface area contributed by atoms with Gasteiger partial charge in [-0.1, -0.05) is 12.1 Å². The van der Waals surface area contributed by atoms with Gasteiger partial charge in [-0.25, -0.2) is 0 Å². The molecule has 126 valence electrons. The molecule has 0 aliphatic carbocycles. The number of benzene rings is 1. The average Bonchev–Trinajstić information content (AvgIpc) is 3.00. The molecule has 1 aromatic carbocycles. The maximum atomic E-state index is 12.4. The minimum absolute atomic E-state index is 0.0684. The zero-order chi connectivity index (χ0) is 16.3. The van der Waals surface area contributed by atoms with Gasteiger partial charge in [0.25, 0.3) is 0 Å². The predicted octanol–water partition coefficient (Wildman–Crippen LogP) is 1.38. The maximum absolute atomic E-state index is 12.4. The molecule has 2 heterocycles. The molecule has 5 heteroatoms. The summed E-state index contributed by atoms with van der Waals surface area (Å²) < 4.78 is 0. The number of hydrogen-bond donors (Lipinski definition) is 2. The summed E-state index contributed by atoms with van der Waals surface area (Å²) in [6.07, 6.45) is 4.05. The number of rotatable bonds is 4. The third-order valence-electron chi connectivity index (χ3n) is 5.03. The maximum Gasteiger partial charge on any atom is 0.226 e. The van der Waals surface area contributed by atoms with Gasteiger partial charge in [0.1, 0.15) is 5.75 Å². The Labute approximate surface area is 137 Å². The number of hydrogen-bond acceptors (Lipinski definition) is 4. The van der Waals surface area contributed by atoms with Gasteiger partial charge in [-0.15, -0.1) is 0 Å². The van der Waals surface area contributed by atoms with Crippen molar-refractivity contribution in [2.75, 3.05) is 32.7 Å². The number of phenolic OH excluding ortho intramolecular Hbond substituents is 1. The fourth-order valence-corrected chi connectivity index (χ4v) is 3.64. The number of carbonyl (C=O) groups excluding carboxylic acids is 1. The molecule has 1 amide bonds. The van der Waals surface area contributed by atoms with Crippen molar-refractivity contribution in [1.82, 2.24) is 9.80 Å². The van der Waals surface area contributed by atoms with Crippen molar-refractivity contribution in [3.8, 4) is 5.75 Å². The smallest absolute Gasteiger partial charge is 0.226 e. The van der Waals surface area contributed by atoms with Gasteiger partial charge in [0.15, 0.2) is 0 Å². The van der Waals surface area contributed by atoms with Crippen LogP contribution in [0.1, 0.15) is 31.2 Å². The summed E-state index contributed by atoms with van der Waals surface area (Å²) in [7, 11) is 0. The standard InChI is InChI=1S/C18H26N2O3/c21-16-5-3-4-15(12-16)13-17(22)20-10-6-18(23,7-11-20)14-19-8-1-2-9-19/h3-5,12,21,23H,1-2,6-11,13-14H2. The highest BCUT2D eigenvalue weighted by Crippen LogP contribution is 2.25. The summed E-state index contributed by atoms with van der Waals surface area (Å²) in [5.41, 5.74) is 0.180. The summed E-state index contributed by atoms with van der Waals surface area (Å²) in [6, 6.07) is 6.84. The van der Waals surface area contributed by atoms with Gasteiger partial charge in [0.05, 0.1) is 12.0 Å². The van der Waals surface area contributed by atoms with Crippen LogP contribution in [-0.4, -0.2) is 64.2 Å². The number of β-amino-alcohol motifs (C(OH)–C–C–N with tert-alkyl or cyclic N) is 1. The van der Waals surface area contributed by atoms with E-state index in [-0.39, 0.29) is 11.7 Å². The van der Waals surface area contributed by atoms with Crippen LogP contribution in [0.4, 0.5) is 0 Å². The number of piperidine rings is 1. The molecule has 2 aliphatic heterocycles. The Bertz CT molecular complexity index is 547. The zero-order valence-electron chi connectivity index (χ0n) is 13.6. The lowest BCUT2D eigenvalue weighted by Crippen LogP contribution is -2.52. The second kappa shape index (κ2) is 6.89. The van der Waals surface area contributed by atoms with E-state index < -0.39 is 5.60 Å². The number of aromatic hydroxyl groups is 1. The minimum atomic E-state index is -0.647. The molecule has 5 nitrogen and oxygen atoms in total. The van der Waals surface area contributed by atoms with Gasteiger partial charge in [-0.3, -0.25) is 4.79 Å². The number of amides is 1. The third-order valence-corrected chi connectivity index (χ3v) is 5.03. The first-order valence-electron chi connectivity index (χ1n) is 8.55. The van der Waals surface area contributed by atoms with Crippen molar-refractivity contribution >= 4 is 5.91 Å². The summed E-state index contributed by atoms with van der Waals surface area (Å²) >= 11 is 0. The average molecular weight is 318 g/mol. The third kappa shape index (κ3) is 4.24. The zero-order valence-corrected chi connectivity index (χ0v) is 13.6. The molecule has 2 N–H and O–H groups in total. The van der Waals surface area contributed by atoms with E-state index in [1.165, 1.54) is 12.8 Å². The van der Waals surface area contributed by atoms with Gasteiger partial charge in [-0.05, 0) is 56.5 Å². The molecule has 2 aliphatic rings. The molecule has 2 fully saturated rings. The molecule has 0 atom stereocenters. The first-order chi connectivity index (χ1) is 11.0. The van der Waals surface area contributed by atoms with Crippen molar-refractivity contribution < 1.29 is 15.0 Å². The largest absolute Gasteiger partial charge is 0.508 e. The van der Waals surface area contributed by atoms with Crippen LogP contribution < -0.4 is 0 Å². The van der Waals surface area contributed by atoms with Crippen molar-refractivity contribution in [2.24, 2.45) is 0 Å². The van der Waals surface area contributed by atoms with E-state index in [1.54, 1.807) is 18.2 Å². The van der Waals surface area contributed by atoms with Crippen molar-refractivity contribution in [3.05, 3.63) is 29.8 Å². The molecular weight excluding hydrogens is 292 g/mol. The number of likely N-dealkylation sites (tertiary alicyclic amines) is 2. The Morgan fingerprint density at radius 2 is 1.83 bits per heavy atom. The highest BCUT2D eigenvalue weighted by Gasteiger charge is 2.35. The topological polar surface area (TPSA) is 64.0 Å². The Kier molecular flexibility index (Phi) is 4.87. The highest BCUT2D eigenvalue weighted by atomic mass is 16.3. The quantitative estimate of drug-likeness (QED) is 0.880. The van der Waals surface area contributed by atoms with Crippen LogP contribution in [0.5, 0.6) is 5.75 Å². The van der Waals surface area contributed by atoms with Crippen LogP contribution in [-0.2, 0) is 11.2 Å². The molecule has 3 rings (SSSR count). The molecule has 0 bridgehead atoms. The van der Waals surface area contributed by atoms with E-state index >= 15 is 0 Å². The molecule has 1 aromatic rings. The monoisotopic (exact) mass is 318 g/mol. The summed E-state index contributed by atoms with van der Waals surface area (Å²) in [5, 5.41) is 20.2. The first kappa shape index (κ1) is 16.3. The lowest BCUT2D eigenvalue weighted by atomic mass is 9.90. The van der Waals surface area contributed by atoms with Crippen LogP contribution in [0.25, 0.3) is 0 Å². The van der Waals surface area contributed by atoms with Crippen LogP contribution in [0.3, 0.4) is 0 Å². The van der Waals surface area contributed by atoms with Crippen molar-refractivity contribution in [3.63, 3.8) is 0 Å². The summed E-state index contributed by atoms with van der Waals surface area (Å²) in [5.74, 6) is 0.257. The molecule has 0 unspecified atom stereocenters. The Morgan fingerprint density at radius 1 is 1.13 bits per heavy atom. The van der Waals surface area contributed by atoms with E-state index in [4.69, 9.17) is 0 Å². The van der Waals surface area contributed by atoms with Gasteiger partial charge >= 0.3 is 0 Å². The Hall–Kier alpha value is -1.59. The molecule has 0 radical (unpaired) electrons. The number of phenols is 1. The predicted molar refractivity (Wildman–Crippen MR) is 88.2 cm³/mol. The molecule has 2 saturated heterocycles. The SMILES string of the molecule is O=C(Cc1cccc(O)c1)N1CCC(O)(CN2CCCC2)CC1. The molecule has 0 spiro atoms. The van der Waals surface area contributed by atoms with E-state index in [1.807, 2.05) is 11.0 Å². The van der Waals surface area contributed by atoms with E-state index in [0.29, 0.717) is 32.4 Å². The lowest BCUT2D eigenvalue weighted by Gasteiger charge is -2.40. The number of carbonyl (C=O) groups is 1. The summed E-state index contributed by atoms with van der Waals surface area (Å²) in [6.45, 7) is 4.14. The van der Waals surface area contributed by atoms with Crippen LogP contribution in [0.15, 0.2) is 24.3 Å². The molecular formula is C18H26N2O3. The molecule has 0 saturated carbocycles. The second-order valence-corrected chi connectivity index (χ2v) is 6.94. The minimum Gasteiger partial charge on any atom is -0.508 e. The van der Waals surface area contributed by atoms with Crippen LogP contribution >= 0.6 is 0 Å². The fraction of sp³-hybridized carbons (Fsp3) is 0.611. The molecule has 23 heavy (non-hydrogen) atoms. The number of nitrogens with zero attached hydrogens (tertiary/aromatic N) is 2. The van der Waals surface area contributed by atoms with Gasteiger partial charge < -0.3 is 20.0 Å². The van der Waals surface area contributed by atoms with Crippen molar-refractivity contribution in [1.29, 1.82) is 0 Å². The van der Waals surface area contributed by atoms with E-state index in [0.717, 1.165) is 25.2 Å².